The zero-order valence-corrected chi connectivity index (χ0v) is 17.7. The lowest BCUT2D eigenvalue weighted by Gasteiger charge is -2.29. The van der Waals surface area contributed by atoms with Crippen molar-refractivity contribution in [3.05, 3.63) is 100 Å². The van der Waals surface area contributed by atoms with Crippen molar-refractivity contribution < 1.29 is 17.6 Å². The number of carbonyl (C=O) groups is 1. The molecule has 0 saturated heterocycles. The van der Waals surface area contributed by atoms with Gasteiger partial charge in [-0.3, -0.25) is 4.79 Å². The summed E-state index contributed by atoms with van der Waals surface area (Å²) in [5, 5.41) is 0.361. The maximum atomic E-state index is 14.7. The van der Waals surface area contributed by atoms with Crippen molar-refractivity contribution in [2.75, 3.05) is 0 Å². The zero-order chi connectivity index (χ0) is 21.9. The average molecular weight is 447 g/mol. The van der Waals surface area contributed by atoms with Crippen LogP contribution < -0.4 is 5.73 Å². The summed E-state index contributed by atoms with van der Waals surface area (Å²) in [6.45, 7) is 1.21. The lowest BCUT2D eigenvalue weighted by atomic mass is 10.1. The smallest absolute Gasteiger partial charge is 0.244 e. The highest BCUT2D eigenvalue weighted by atomic mass is 35.5. The fourth-order valence-corrected chi connectivity index (χ4v) is 4.85. The number of carbonyl (C=O) groups excluding carboxylic acids is 1. The molecular formula is C22H20ClFN2O3S. The van der Waals surface area contributed by atoms with Gasteiger partial charge in [0.2, 0.25) is 15.9 Å². The van der Waals surface area contributed by atoms with Crippen LogP contribution >= 0.6 is 11.6 Å². The Labute approximate surface area is 179 Å². The number of nitrogens with zero attached hydrogens (tertiary/aromatic N) is 1. The van der Waals surface area contributed by atoms with Gasteiger partial charge in [0, 0.05) is 17.1 Å². The second-order valence-electron chi connectivity index (χ2n) is 6.77. The van der Waals surface area contributed by atoms with Crippen LogP contribution in [0.15, 0.2) is 77.7 Å². The van der Waals surface area contributed by atoms with Crippen molar-refractivity contribution in [1.29, 1.82) is 0 Å². The van der Waals surface area contributed by atoms with Gasteiger partial charge in [-0.2, -0.15) is 4.31 Å². The first kappa shape index (κ1) is 22.0. The molecule has 156 valence electrons. The highest BCUT2D eigenvalue weighted by Crippen LogP contribution is 2.31. The second kappa shape index (κ2) is 8.95. The topological polar surface area (TPSA) is 80.5 Å². The van der Waals surface area contributed by atoms with E-state index in [1.165, 1.54) is 30.3 Å². The number of hydrogen-bond acceptors (Lipinski definition) is 3. The Hall–Kier alpha value is -2.74. The zero-order valence-electron chi connectivity index (χ0n) is 16.1. The number of hydrogen-bond donors (Lipinski definition) is 1. The van der Waals surface area contributed by atoms with Crippen molar-refractivity contribution in [1.82, 2.24) is 4.31 Å². The number of amides is 1. The first-order valence-electron chi connectivity index (χ1n) is 9.07. The molecule has 0 aromatic heterocycles. The Morgan fingerprint density at radius 2 is 1.67 bits per heavy atom. The SMILES string of the molecule is Cc1cccc(CN([C@@H](C(N)=O)c2ccccc2)S(=O)(=O)c2ccc(Cl)cc2)c1F. The summed E-state index contributed by atoms with van der Waals surface area (Å²) in [7, 11) is -4.23. The molecule has 0 heterocycles. The molecule has 0 radical (unpaired) electrons. The average Bonchev–Trinajstić information content (AvgIpc) is 2.71. The van der Waals surface area contributed by atoms with Gasteiger partial charge in [-0.15, -0.1) is 0 Å². The van der Waals surface area contributed by atoms with Crippen LogP contribution in [-0.4, -0.2) is 18.6 Å². The molecule has 0 aliphatic rings. The molecule has 1 atom stereocenters. The third-order valence-electron chi connectivity index (χ3n) is 4.69. The number of nitrogens with two attached hydrogens (primary N) is 1. The summed E-state index contributed by atoms with van der Waals surface area (Å²) in [5.74, 6) is -1.41. The largest absolute Gasteiger partial charge is 0.368 e. The number of primary amides is 1. The van der Waals surface area contributed by atoms with E-state index in [0.29, 0.717) is 16.1 Å². The van der Waals surface area contributed by atoms with Gasteiger partial charge in [0.15, 0.2) is 0 Å². The predicted molar refractivity (Wildman–Crippen MR) is 114 cm³/mol. The molecule has 3 aromatic rings. The molecular weight excluding hydrogens is 427 g/mol. The van der Waals surface area contributed by atoms with E-state index in [-0.39, 0.29) is 17.0 Å². The molecule has 0 bridgehead atoms. The molecule has 8 heteroatoms. The van der Waals surface area contributed by atoms with E-state index in [1.54, 1.807) is 49.4 Å². The Morgan fingerprint density at radius 3 is 2.27 bits per heavy atom. The van der Waals surface area contributed by atoms with Crippen LogP contribution in [0.4, 0.5) is 4.39 Å². The minimum Gasteiger partial charge on any atom is -0.368 e. The fourth-order valence-electron chi connectivity index (χ4n) is 3.16. The van der Waals surface area contributed by atoms with Crippen molar-refractivity contribution in [3.63, 3.8) is 0 Å². The van der Waals surface area contributed by atoms with E-state index >= 15 is 0 Å². The van der Waals surface area contributed by atoms with Gasteiger partial charge in [-0.1, -0.05) is 60.1 Å². The quantitative estimate of drug-likeness (QED) is 0.590. The third kappa shape index (κ3) is 4.53. The normalized spacial score (nSPS) is 12.7. The van der Waals surface area contributed by atoms with Crippen molar-refractivity contribution in [2.45, 2.75) is 24.4 Å². The molecule has 0 aliphatic carbocycles. The monoisotopic (exact) mass is 446 g/mol. The van der Waals surface area contributed by atoms with E-state index in [9.17, 15) is 17.6 Å². The molecule has 0 unspecified atom stereocenters. The van der Waals surface area contributed by atoms with Crippen LogP contribution in [0.5, 0.6) is 0 Å². The maximum absolute atomic E-state index is 14.7. The Morgan fingerprint density at radius 1 is 1.03 bits per heavy atom. The Kier molecular flexibility index (Phi) is 6.55. The Balaban J connectivity index is 2.18. The Bertz CT molecular complexity index is 1150. The van der Waals surface area contributed by atoms with Crippen molar-refractivity contribution >= 4 is 27.5 Å². The van der Waals surface area contributed by atoms with E-state index in [0.717, 1.165) is 4.31 Å². The second-order valence-corrected chi connectivity index (χ2v) is 9.09. The minimum absolute atomic E-state index is 0.0813. The van der Waals surface area contributed by atoms with Gasteiger partial charge < -0.3 is 5.73 Å². The first-order chi connectivity index (χ1) is 14.2. The molecule has 3 rings (SSSR count). The van der Waals surface area contributed by atoms with Gasteiger partial charge in [0.05, 0.1) is 4.90 Å². The van der Waals surface area contributed by atoms with E-state index in [4.69, 9.17) is 17.3 Å². The lowest BCUT2D eigenvalue weighted by molar-refractivity contribution is -0.122. The van der Waals surface area contributed by atoms with Crippen LogP contribution in [0.2, 0.25) is 5.02 Å². The van der Waals surface area contributed by atoms with Crippen LogP contribution in [0.1, 0.15) is 22.7 Å². The van der Waals surface area contributed by atoms with Crippen molar-refractivity contribution in [2.24, 2.45) is 5.73 Å². The molecule has 30 heavy (non-hydrogen) atoms. The number of rotatable bonds is 7. The summed E-state index contributed by atoms with van der Waals surface area (Å²) >= 11 is 5.89. The molecule has 0 fully saturated rings. The third-order valence-corrected chi connectivity index (χ3v) is 6.77. The fraction of sp³-hybridized carbons (Fsp3) is 0.136. The summed E-state index contributed by atoms with van der Waals surface area (Å²) < 4.78 is 42.7. The highest BCUT2D eigenvalue weighted by Gasteiger charge is 2.36. The van der Waals surface area contributed by atoms with Gasteiger partial charge in [-0.25, -0.2) is 12.8 Å². The van der Waals surface area contributed by atoms with Gasteiger partial charge in [0.25, 0.3) is 0 Å². The molecule has 3 aromatic carbocycles. The van der Waals surface area contributed by atoms with E-state index in [2.05, 4.69) is 0 Å². The molecule has 1 amide bonds. The lowest BCUT2D eigenvalue weighted by Crippen LogP contribution is -2.41. The highest BCUT2D eigenvalue weighted by molar-refractivity contribution is 7.89. The van der Waals surface area contributed by atoms with Crippen molar-refractivity contribution in [3.8, 4) is 0 Å². The van der Waals surface area contributed by atoms with Crippen LogP contribution in [0, 0.1) is 12.7 Å². The van der Waals surface area contributed by atoms with Gasteiger partial charge >= 0.3 is 0 Å². The van der Waals surface area contributed by atoms with Crippen LogP contribution in [-0.2, 0) is 21.4 Å². The number of sulfonamides is 1. The minimum atomic E-state index is -4.23. The van der Waals surface area contributed by atoms with Crippen LogP contribution in [0.3, 0.4) is 0 Å². The predicted octanol–water partition coefficient (Wildman–Crippen LogP) is 4.21. The number of benzene rings is 3. The van der Waals surface area contributed by atoms with Gasteiger partial charge in [-0.05, 0) is 42.3 Å². The molecule has 0 aliphatic heterocycles. The summed E-state index contributed by atoms with van der Waals surface area (Å²) in [5.41, 5.74) is 6.52. The standard InChI is InChI=1S/C22H20ClFN2O3S/c1-15-6-5-9-17(20(15)24)14-26(21(22(25)27)16-7-3-2-4-8-16)30(28,29)19-12-10-18(23)11-13-19/h2-13,21H,14H2,1H3,(H2,25,27)/t21-/m1/s1. The molecule has 0 saturated carbocycles. The van der Waals surface area contributed by atoms with Gasteiger partial charge in [0.1, 0.15) is 11.9 Å². The van der Waals surface area contributed by atoms with Crippen LogP contribution in [0.25, 0.3) is 0 Å². The maximum Gasteiger partial charge on any atom is 0.244 e. The van der Waals surface area contributed by atoms with E-state index in [1.807, 2.05) is 0 Å². The molecule has 5 nitrogen and oxygen atoms in total. The van der Waals surface area contributed by atoms with E-state index < -0.39 is 27.8 Å². The summed E-state index contributed by atoms with van der Waals surface area (Å²) in [6, 6.07) is 17.2. The number of aryl methyl sites for hydroxylation is 1. The summed E-state index contributed by atoms with van der Waals surface area (Å²) in [6.07, 6.45) is 0. The number of halogens is 2. The summed E-state index contributed by atoms with van der Waals surface area (Å²) in [4.78, 5) is 12.3. The molecule has 2 N–H and O–H groups in total. The first-order valence-corrected chi connectivity index (χ1v) is 10.9. The molecule has 0 spiro atoms.